The lowest BCUT2D eigenvalue weighted by atomic mass is 10.1. The van der Waals surface area contributed by atoms with E-state index < -0.39 is 5.97 Å². The van der Waals surface area contributed by atoms with E-state index in [0.717, 1.165) is 17.3 Å². The number of hydrogen-bond donors (Lipinski definition) is 1. The molecule has 5 heteroatoms. The number of ether oxygens (including phenoxy) is 2. The van der Waals surface area contributed by atoms with Crippen molar-refractivity contribution < 1.29 is 19.4 Å². The highest BCUT2D eigenvalue weighted by molar-refractivity contribution is 9.10. The van der Waals surface area contributed by atoms with E-state index in [2.05, 4.69) is 32.8 Å². The molecule has 0 unspecified atom stereocenters. The lowest BCUT2D eigenvalue weighted by Gasteiger charge is -2.11. The number of carbonyl (C=O) groups excluding carboxylic acids is 1. The van der Waals surface area contributed by atoms with Gasteiger partial charge in [0.05, 0.1) is 13.7 Å². The first kappa shape index (κ1) is 16.4. The van der Waals surface area contributed by atoms with E-state index in [0.29, 0.717) is 12.4 Å². The zero-order valence-electron chi connectivity index (χ0n) is 12.2. The smallest absolute Gasteiger partial charge is 0.345 e. The number of methoxy groups -OCH3 is 1. The Morgan fingerprint density at radius 3 is 2.59 bits per heavy atom. The second kappa shape index (κ2) is 7.84. The highest BCUT2D eigenvalue weighted by Gasteiger charge is 2.17. The molecular weight excluding hydrogens is 348 g/mol. The molecule has 0 saturated heterocycles. The molecule has 0 saturated carbocycles. The van der Waals surface area contributed by atoms with Gasteiger partial charge in [0.1, 0.15) is 17.1 Å². The van der Waals surface area contributed by atoms with E-state index in [1.807, 2.05) is 12.1 Å². The molecule has 0 spiro atoms. The number of esters is 1. The Morgan fingerprint density at radius 1 is 1.18 bits per heavy atom. The summed E-state index contributed by atoms with van der Waals surface area (Å²) >= 11 is 3.40. The molecule has 0 radical (unpaired) electrons. The minimum Gasteiger partial charge on any atom is -0.507 e. The van der Waals surface area contributed by atoms with Crippen molar-refractivity contribution >= 4 is 21.9 Å². The molecule has 0 amide bonds. The van der Waals surface area contributed by atoms with Crippen LogP contribution in [0.2, 0.25) is 0 Å². The third kappa shape index (κ3) is 4.24. The van der Waals surface area contributed by atoms with E-state index in [9.17, 15) is 9.90 Å². The van der Waals surface area contributed by atoms with E-state index in [4.69, 9.17) is 4.74 Å². The third-order valence-corrected chi connectivity index (χ3v) is 3.70. The Kier molecular flexibility index (Phi) is 5.83. The van der Waals surface area contributed by atoms with E-state index in [-0.39, 0.29) is 11.3 Å². The topological polar surface area (TPSA) is 55.8 Å². The van der Waals surface area contributed by atoms with Gasteiger partial charge >= 0.3 is 5.97 Å². The van der Waals surface area contributed by atoms with Gasteiger partial charge < -0.3 is 14.6 Å². The molecule has 2 rings (SSSR count). The molecule has 22 heavy (non-hydrogen) atoms. The van der Waals surface area contributed by atoms with E-state index in [1.165, 1.54) is 18.7 Å². The summed E-state index contributed by atoms with van der Waals surface area (Å²) in [4.78, 5) is 11.7. The van der Waals surface area contributed by atoms with Crippen LogP contribution in [-0.2, 0) is 11.2 Å². The first-order valence-electron chi connectivity index (χ1n) is 6.89. The standard InChI is InChI=1S/C17H17BrO4/c1-21-17(20)16-14(19)5-2-6-15(16)22-11-3-4-12-7-9-13(18)10-8-12/h2,5-10,19H,3-4,11H2,1H3. The van der Waals surface area contributed by atoms with Crippen LogP contribution in [-0.4, -0.2) is 24.8 Å². The van der Waals surface area contributed by atoms with Crippen molar-refractivity contribution in [2.24, 2.45) is 0 Å². The fourth-order valence-electron chi connectivity index (χ4n) is 2.06. The zero-order valence-corrected chi connectivity index (χ0v) is 13.8. The van der Waals surface area contributed by atoms with Crippen LogP contribution in [0.1, 0.15) is 22.3 Å². The van der Waals surface area contributed by atoms with Gasteiger partial charge in [0.2, 0.25) is 0 Å². The van der Waals surface area contributed by atoms with Crippen molar-refractivity contribution in [2.75, 3.05) is 13.7 Å². The number of phenols is 1. The second-order valence-corrected chi connectivity index (χ2v) is 5.64. The number of aryl methyl sites for hydroxylation is 1. The lowest BCUT2D eigenvalue weighted by Crippen LogP contribution is -2.07. The molecule has 1 N–H and O–H groups in total. The summed E-state index contributed by atoms with van der Waals surface area (Å²) in [5.74, 6) is -0.416. The van der Waals surface area contributed by atoms with Crippen LogP contribution in [0, 0.1) is 0 Å². The Balaban J connectivity index is 1.93. The maximum Gasteiger partial charge on any atom is 0.345 e. The largest absolute Gasteiger partial charge is 0.507 e. The fourth-order valence-corrected chi connectivity index (χ4v) is 2.32. The summed E-state index contributed by atoms with van der Waals surface area (Å²) in [7, 11) is 1.27. The minimum atomic E-state index is -0.610. The van der Waals surface area contributed by atoms with Gasteiger partial charge in [-0.25, -0.2) is 4.79 Å². The first-order chi connectivity index (χ1) is 10.6. The van der Waals surface area contributed by atoms with Gasteiger partial charge in [-0.05, 0) is 42.7 Å². The van der Waals surface area contributed by atoms with Crippen LogP contribution in [0.5, 0.6) is 11.5 Å². The summed E-state index contributed by atoms with van der Waals surface area (Å²) in [6, 6.07) is 12.8. The highest BCUT2D eigenvalue weighted by atomic mass is 79.9. The molecule has 4 nitrogen and oxygen atoms in total. The monoisotopic (exact) mass is 364 g/mol. The van der Waals surface area contributed by atoms with Gasteiger partial charge in [0.25, 0.3) is 0 Å². The molecule has 2 aromatic carbocycles. The Hall–Kier alpha value is -2.01. The summed E-state index contributed by atoms with van der Waals surface area (Å²) in [5, 5.41) is 9.77. The predicted octanol–water partition coefficient (Wildman–Crippen LogP) is 3.95. The predicted molar refractivity (Wildman–Crippen MR) is 87.4 cm³/mol. The van der Waals surface area contributed by atoms with Crippen molar-refractivity contribution in [1.82, 2.24) is 0 Å². The number of carbonyl (C=O) groups is 1. The lowest BCUT2D eigenvalue weighted by molar-refractivity contribution is 0.0592. The van der Waals surface area contributed by atoms with Crippen molar-refractivity contribution in [3.63, 3.8) is 0 Å². The number of halogens is 1. The molecule has 0 aliphatic rings. The molecule has 0 aromatic heterocycles. The Labute approximate surface area is 137 Å². The fraction of sp³-hybridized carbons (Fsp3) is 0.235. The molecule has 0 bridgehead atoms. The molecule has 0 aliphatic heterocycles. The quantitative estimate of drug-likeness (QED) is 0.622. The summed E-state index contributed by atoms with van der Waals surface area (Å²) in [5.41, 5.74) is 1.28. The molecular formula is C17H17BrO4. The van der Waals surface area contributed by atoms with Crippen LogP contribution in [0.15, 0.2) is 46.9 Å². The van der Waals surface area contributed by atoms with Crippen molar-refractivity contribution in [1.29, 1.82) is 0 Å². The van der Waals surface area contributed by atoms with Gasteiger partial charge in [-0.3, -0.25) is 0 Å². The van der Waals surface area contributed by atoms with Gasteiger partial charge in [-0.2, -0.15) is 0 Å². The van der Waals surface area contributed by atoms with Gasteiger partial charge in [-0.15, -0.1) is 0 Å². The average Bonchev–Trinajstić information content (AvgIpc) is 2.52. The summed E-state index contributed by atoms with van der Waals surface area (Å²) in [6.45, 7) is 0.448. The molecule has 116 valence electrons. The first-order valence-corrected chi connectivity index (χ1v) is 7.68. The zero-order chi connectivity index (χ0) is 15.9. The number of benzene rings is 2. The van der Waals surface area contributed by atoms with Gasteiger partial charge in [0.15, 0.2) is 0 Å². The molecule has 0 heterocycles. The molecule has 2 aromatic rings. The minimum absolute atomic E-state index is 0.0636. The molecule has 0 fully saturated rings. The SMILES string of the molecule is COC(=O)c1c(O)cccc1OCCCc1ccc(Br)cc1. The average molecular weight is 365 g/mol. The van der Waals surface area contributed by atoms with Crippen molar-refractivity contribution in [2.45, 2.75) is 12.8 Å². The number of aromatic hydroxyl groups is 1. The van der Waals surface area contributed by atoms with E-state index >= 15 is 0 Å². The normalized spacial score (nSPS) is 10.3. The summed E-state index contributed by atoms with van der Waals surface area (Å²) in [6.07, 6.45) is 1.68. The summed E-state index contributed by atoms with van der Waals surface area (Å²) < 4.78 is 11.3. The van der Waals surface area contributed by atoms with Crippen LogP contribution in [0.3, 0.4) is 0 Å². The van der Waals surface area contributed by atoms with Crippen LogP contribution >= 0.6 is 15.9 Å². The Bertz CT molecular complexity index is 638. The number of hydrogen-bond acceptors (Lipinski definition) is 4. The third-order valence-electron chi connectivity index (χ3n) is 3.17. The van der Waals surface area contributed by atoms with Crippen molar-refractivity contribution in [3.8, 4) is 11.5 Å². The van der Waals surface area contributed by atoms with Crippen LogP contribution < -0.4 is 4.74 Å². The highest BCUT2D eigenvalue weighted by Crippen LogP contribution is 2.28. The second-order valence-electron chi connectivity index (χ2n) is 4.72. The van der Waals surface area contributed by atoms with Crippen LogP contribution in [0.4, 0.5) is 0 Å². The maximum absolute atomic E-state index is 11.7. The molecule has 0 aliphatic carbocycles. The van der Waals surface area contributed by atoms with Gasteiger partial charge in [0, 0.05) is 4.47 Å². The van der Waals surface area contributed by atoms with Gasteiger partial charge in [-0.1, -0.05) is 34.1 Å². The van der Waals surface area contributed by atoms with Crippen molar-refractivity contribution in [3.05, 3.63) is 58.1 Å². The number of phenolic OH excluding ortho intramolecular Hbond substituents is 1. The number of rotatable bonds is 6. The maximum atomic E-state index is 11.7. The van der Waals surface area contributed by atoms with Crippen LogP contribution in [0.25, 0.3) is 0 Å². The Morgan fingerprint density at radius 2 is 1.91 bits per heavy atom. The molecule has 0 atom stereocenters. The van der Waals surface area contributed by atoms with E-state index in [1.54, 1.807) is 12.1 Å².